The van der Waals surface area contributed by atoms with Gasteiger partial charge in [-0.25, -0.2) is 0 Å². The van der Waals surface area contributed by atoms with E-state index in [0.717, 1.165) is 61.3 Å². The van der Waals surface area contributed by atoms with Crippen molar-refractivity contribution in [1.29, 1.82) is 0 Å². The molecule has 0 aliphatic heterocycles. The lowest BCUT2D eigenvalue weighted by atomic mass is 9.90. The molecule has 0 amide bonds. The summed E-state index contributed by atoms with van der Waals surface area (Å²) in [6.07, 6.45) is 5.84. The molecule has 0 spiro atoms. The van der Waals surface area contributed by atoms with Crippen LogP contribution in [0.4, 0.5) is 17.1 Å². The molecule has 10 rings (SSSR count). The van der Waals surface area contributed by atoms with Crippen molar-refractivity contribution in [2.24, 2.45) is 0 Å². The molecular formula is C48H33NO2. The molecule has 0 radical (unpaired) electrons. The molecule has 2 aromatic heterocycles. The zero-order chi connectivity index (χ0) is 34.2. The Morgan fingerprint density at radius 2 is 1.20 bits per heavy atom. The molecule has 242 valence electrons. The third kappa shape index (κ3) is 4.31. The van der Waals surface area contributed by atoms with Crippen LogP contribution in [-0.4, -0.2) is 0 Å². The van der Waals surface area contributed by atoms with E-state index in [1.807, 2.05) is 13.0 Å². The predicted molar refractivity (Wildman–Crippen MR) is 217 cm³/mol. The van der Waals surface area contributed by atoms with Crippen LogP contribution >= 0.6 is 0 Å². The maximum atomic E-state index is 6.58. The molecule has 8 aromatic carbocycles. The fourth-order valence-corrected chi connectivity index (χ4v) is 8.21. The number of nitrogens with zero attached hydrogens (tertiary/aromatic N) is 1. The van der Waals surface area contributed by atoms with Gasteiger partial charge in [-0.15, -0.1) is 0 Å². The number of benzene rings is 8. The van der Waals surface area contributed by atoms with E-state index in [0.29, 0.717) is 0 Å². The predicted octanol–water partition coefficient (Wildman–Crippen LogP) is 14.2. The Labute approximate surface area is 294 Å². The maximum absolute atomic E-state index is 6.58. The number of para-hydroxylation sites is 2. The maximum Gasteiger partial charge on any atom is 0.158 e. The van der Waals surface area contributed by atoms with E-state index in [-0.39, 0.29) is 0 Å². The average molecular weight is 656 g/mol. The highest BCUT2D eigenvalue weighted by Crippen LogP contribution is 2.47. The minimum Gasteiger partial charge on any atom is -0.459 e. The highest BCUT2D eigenvalue weighted by atomic mass is 16.3. The van der Waals surface area contributed by atoms with Crippen molar-refractivity contribution >= 4 is 99.1 Å². The highest BCUT2D eigenvalue weighted by Gasteiger charge is 2.23. The largest absolute Gasteiger partial charge is 0.459 e. The van der Waals surface area contributed by atoms with Gasteiger partial charge in [0.15, 0.2) is 5.58 Å². The van der Waals surface area contributed by atoms with Gasteiger partial charge in [0.25, 0.3) is 0 Å². The number of rotatable bonds is 5. The Morgan fingerprint density at radius 3 is 2.04 bits per heavy atom. The van der Waals surface area contributed by atoms with Gasteiger partial charge in [-0.3, -0.25) is 0 Å². The standard InChI is InChI=1S/C48H33NO2/c1-4-5-15-33-30(3)50-48-39(33)19-12-21-42(48)49(41-20-11-6-13-29(41)2)32-23-24-38-40(28-32)36-18-10-9-17-35(36)37-25-27-44-47(45(37)38)46-34-16-8-7-14-31(34)22-26-43(46)51-44/h4-28H,1H2,2-3H3/b15-5-. The second-order valence-corrected chi connectivity index (χ2v) is 13.3. The Balaban J connectivity index is 1.33. The minimum absolute atomic E-state index is 0.851. The van der Waals surface area contributed by atoms with Gasteiger partial charge in [-0.1, -0.05) is 116 Å². The molecule has 0 atom stereocenters. The molecule has 0 unspecified atom stereocenters. The number of anilines is 3. The molecule has 51 heavy (non-hydrogen) atoms. The van der Waals surface area contributed by atoms with E-state index in [4.69, 9.17) is 8.83 Å². The molecular weight excluding hydrogens is 623 g/mol. The van der Waals surface area contributed by atoms with Crippen LogP contribution in [0.25, 0.3) is 82.1 Å². The summed E-state index contributed by atoms with van der Waals surface area (Å²) in [7, 11) is 0. The van der Waals surface area contributed by atoms with Crippen LogP contribution in [0.5, 0.6) is 0 Å². The van der Waals surface area contributed by atoms with E-state index in [9.17, 15) is 0 Å². The fraction of sp³-hybridized carbons (Fsp3) is 0.0417. The minimum atomic E-state index is 0.851. The molecule has 3 heteroatoms. The Kier molecular flexibility index (Phi) is 6.46. The van der Waals surface area contributed by atoms with Crippen LogP contribution in [0.3, 0.4) is 0 Å². The molecule has 0 aliphatic carbocycles. The van der Waals surface area contributed by atoms with Crippen molar-refractivity contribution in [1.82, 2.24) is 0 Å². The van der Waals surface area contributed by atoms with Crippen molar-refractivity contribution in [2.75, 3.05) is 4.90 Å². The van der Waals surface area contributed by atoms with Crippen LogP contribution in [-0.2, 0) is 0 Å². The molecule has 2 heterocycles. The Bertz CT molecular complexity index is 3080. The third-order valence-corrected chi connectivity index (χ3v) is 10.5. The van der Waals surface area contributed by atoms with E-state index in [2.05, 4.69) is 158 Å². The molecule has 0 saturated carbocycles. The van der Waals surface area contributed by atoms with Crippen molar-refractivity contribution in [3.05, 3.63) is 169 Å². The lowest BCUT2D eigenvalue weighted by Crippen LogP contribution is -2.11. The first kappa shape index (κ1) is 29.3. The van der Waals surface area contributed by atoms with Crippen LogP contribution < -0.4 is 4.90 Å². The number of fused-ring (bicyclic) bond motifs is 13. The van der Waals surface area contributed by atoms with Crippen LogP contribution in [0.2, 0.25) is 0 Å². The summed E-state index contributed by atoms with van der Waals surface area (Å²) in [6.45, 7) is 8.08. The van der Waals surface area contributed by atoms with E-state index < -0.39 is 0 Å². The fourth-order valence-electron chi connectivity index (χ4n) is 8.21. The first-order valence-electron chi connectivity index (χ1n) is 17.4. The number of furan rings is 2. The second-order valence-electron chi connectivity index (χ2n) is 13.3. The van der Waals surface area contributed by atoms with Crippen LogP contribution in [0, 0.1) is 13.8 Å². The van der Waals surface area contributed by atoms with Gasteiger partial charge in [-0.2, -0.15) is 0 Å². The van der Waals surface area contributed by atoms with Gasteiger partial charge in [0.1, 0.15) is 16.9 Å². The molecule has 0 fully saturated rings. The van der Waals surface area contributed by atoms with Crippen molar-refractivity contribution in [3.8, 4) is 0 Å². The Hall–Kier alpha value is -6.58. The summed E-state index contributed by atoms with van der Waals surface area (Å²) in [4.78, 5) is 2.35. The zero-order valence-electron chi connectivity index (χ0n) is 28.4. The first-order chi connectivity index (χ1) is 25.1. The lowest BCUT2D eigenvalue weighted by molar-refractivity contribution is 0.578. The van der Waals surface area contributed by atoms with Gasteiger partial charge in [-0.05, 0) is 99.6 Å². The topological polar surface area (TPSA) is 29.5 Å². The summed E-state index contributed by atoms with van der Waals surface area (Å²) < 4.78 is 13.2. The van der Waals surface area contributed by atoms with E-state index >= 15 is 0 Å². The summed E-state index contributed by atoms with van der Waals surface area (Å²) in [5.41, 5.74) is 8.04. The number of allylic oxidation sites excluding steroid dienone is 2. The third-order valence-electron chi connectivity index (χ3n) is 10.5. The molecule has 0 bridgehead atoms. The molecule has 0 N–H and O–H groups in total. The van der Waals surface area contributed by atoms with Gasteiger partial charge in [0, 0.05) is 38.5 Å². The van der Waals surface area contributed by atoms with Gasteiger partial charge >= 0.3 is 0 Å². The first-order valence-corrected chi connectivity index (χ1v) is 17.4. The highest BCUT2D eigenvalue weighted by molar-refractivity contribution is 6.37. The average Bonchev–Trinajstić information content (AvgIpc) is 3.72. The zero-order valence-corrected chi connectivity index (χ0v) is 28.4. The number of hydrogen-bond acceptors (Lipinski definition) is 3. The number of aryl methyl sites for hydroxylation is 2. The summed E-state index contributed by atoms with van der Waals surface area (Å²) in [5.74, 6) is 0.875. The summed E-state index contributed by atoms with van der Waals surface area (Å²) in [5, 5.41) is 13.1. The Morgan fingerprint density at radius 1 is 0.529 bits per heavy atom. The quantitative estimate of drug-likeness (QED) is 0.136. The molecule has 3 nitrogen and oxygen atoms in total. The smallest absolute Gasteiger partial charge is 0.158 e. The monoisotopic (exact) mass is 655 g/mol. The molecule has 0 saturated heterocycles. The van der Waals surface area contributed by atoms with Crippen molar-refractivity contribution < 1.29 is 8.83 Å². The van der Waals surface area contributed by atoms with Gasteiger partial charge in [0.2, 0.25) is 0 Å². The van der Waals surface area contributed by atoms with Crippen molar-refractivity contribution in [3.63, 3.8) is 0 Å². The summed E-state index contributed by atoms with van der Waals surface area (Å²) >= 11 is 0. The van der Waals surface area contributed by atoms with Gasteiger partial charge < -0.3 is 13.7 Å². The molecule has 0 aliphatic rings. The van der Waals surface area contributed by atoms with E-state index in [1.54, 1.807) is 6.08 Å². The van der Waals surface area contributed by atoms with Crippen LogP contribution in [0.1, 0.15) is 16.9 Å². The molecule has 10 aromatic rings. The van der Waals surface area contributed by atoms with Gasteiger partial charge in [0.05, 0.1) is 5.69 Å². The second kappa shape index (κ2) is 11.2. The van der Waals surface area contributed by atoms with Crippen LogP contribution in [0.15, 0.2) is 161 Å². The summed E-state index contributed by atoms with van der Waals surface area (Å²) in [6, 6.07) is 47.9. The lowest BCUT2D eigenvalue weighted by Gasteiger charge is -2.27. The number of hydrogen-bond donors (Lipinski definition) is 0. The SMILES string of the molecule is C=C/C=C\c1c(C)oc2c(N(c3ccc4c(c3)c3ccccc3c3ccc5oc6ccc7ccccc7c6c5c34)c3ccccc3C)cccc12. The van der Waals surface area contributed by atoms with E-state index in [1.165, 1.54) is 48.7 Å². The normalized spacial score (nSPS) is 12.1. The van der Waals surface area contributed by atoms with Crippen molar-refractivity contribution in [2.45, 2.75) is 13.8 Å².